The molecule has 0 atom stereocenters. The number of sulfonamides is 1. The van der Waals surface area contributed by atoms with Gasteiger partial charge in [0.05, 0.1) is 16.1 Å². The van der Waals surface area contributed by atoms with Crippen LogP contribution in [0.2, 0.25) is 0 Å². The molecule has 0 aromatic heterocycles. The summed E-state index contributed by atoms with van der Waals surface area (Å²) in [6.07, 6.45) is 0. The molecule has 2 amide bonds. The Morgan fingerprint density at radius 1 is 1.21 bits per heavy atom. The highest BCUT2D eigenvalue weighted by atomic mass is 32.2. The Bertz CT molecular complexity index is 740. The fraction of sp³-hybridized carbons (Fsp3) is 0.467. The second-order valence-corrected chi connectivity index (χ2v) is 7.87. The minimum Gasteiger partial charge on any atom is -0.336 e. The summed E-state index contributed by atoms with van der Waals surface area (Å²) in [5, 5.41) is 5.74. The summed E-state index contributed by atoms with van der Waals surface area (Å²) >= 11 is 0. The van der Waals surface area contributed by atoms with Gasteiger partial charge in [0, 0.05) is 47.2 Å². The zero-order valence-electron chi connectivity index (χ0n) is 14.0. The number of hydrogen-bond acceptors (Lipinski definition) is 5. The molecule has 8 nitrogen and oxygen atoms in total. The topological polar surface area (TPSA) is 98.8 Å². The lowest BCUT2D eigenvalue weighted by molar-refractivity contribution is -0.114. The smallest absolute Gasteiger partial charge is 0.256 e. The van der Waals surface area contributed by atoms with Gasteiger partial charge in [0.15, 0.2) is 0 Å². The van der Waals surface area contributed by atoms with Crippen LogP contribution in [0.5, 0.6) is 0 Å². The summed E-state index contributed by atoms with van der Waals surface area (Å²) in [6, 6.07) is 4.16. The van der Waals surface area contributed by atoms with Crippen LogP contribution in [-0.4, -0.2) is 69.7 Å². The molecule has 24 heavy (non-hydrogen) atoms. The van der Waals surface area contributed by atoms with E-state index in [9.17, 15) is 18.0 Å². The largest absolute Gasteiger partial charge is 0.336 e. The molecule has 1 aromatic carbocycles. The zero-order valence-corrected chi connectivity index (χ0v) is 14.8. The predicted molar refractivity (Wildman–Crippen MR) is 90.4 cm³/mol. The molecule has 1 fully saturated rings. The highest BCUT2D eigenvalue weighted by Gasteiger charge is 2.25. The molecule has 2 N–H and O–H groups in total. The number of carbonyl (C=O) groups excluding carboxylic acids is 2. The predicted octanol–water partition coefficient (Wildman–Crippen LogP) is -0.0593. The molecule has 2 rings (SSSR count). The minimum absolute atomic E-state index is 0.0140. The van der Waals surface area contributed by atoms with Gasteiger partial charge in [-0.25, -0.2) is 12.7 Å². The van der Waals surface area contributed by atoms with Crippen molar-refractivity contribution in [3.05, 3.63) is 23.8 Å². The van der Waals surface area contributed by atoms with Crippen molar-refractivity contribution in [3.63, 3.8) is 0 Å². The Balaban J connectivity index is 2.47. The Labute approximate surface area is 141 Å². The van der Waals surface area contributed by atoms with Gasteiger partial charge in [0.1, 0.15) is 0 Å². The maximum Gasteiger partial charge on any atom is 0.256 e. The van der Waals surface area contributed by atoms with Gasteiger partial charge in [-0.05, 0) is 18.2 Å². The summed E-state index contributed by atoms with van der Waals surface area (Å²) in [5.74, 6) is -0.622. The molecule has 0 spiro atoms. The normalized spacial score (nSPS) is 15.4. The summed E-state index contributed by atoms with van der Waals surface area (Å²) in [4.78, 5) is 25.8. The molecule has 0 radical (unpaired) electrons. The third-order valence-corrected chi connectivity index (χ3v) is 5.53. The van der Waals surface area contributed by atoms with Crippen molar-refractivity contribution in [3.8, 4) is 0 Å². The van der Waals surface area contributed by atoms with Crippen molar-refractivity contribution in [2.24, 2.45) is 0 Å². The Morgan fingerprint density at radius 3 is 2.38 bits per heavy atom. The fourth-order valence-electron chi connectivity index (χ4n) is 2.41. The number of anilines is 1. The molecule has 0 aliphatic carbocycles. The summed E-state index contributed by atoms with van der Waals surface area (Å²) in [7, 11) is -0.820. The lowest BCUT2D eigenvalue weighted by Gasteiger charge is -2.28. The zero-order chi connectivity index (χ0) is 17.9. The van der Waals surface area contributed by atoms with Crippen LogP contribution in [0, 0.1) is 0 Å². The lowest BCUT2D eigenvalue weighted by atomic mass is 10.1. The maximum atomic E-state index is 12.8. The molecule has 0 saturated carbocycles. The Morgan fingerprint density at radius 2 is 1.83 bits per heavy atom. The van der Waals surface area contributed by atoms with Gasteiger partial charge in [-0.2, -0.15) is 0 Å². The molecule has 1 aromatic rings. The van der Waals surface area contributed by atoms with Crippen LogP contribution < -0.4 is 10.6 Å². The van der Waals surface area contributed by atoms with E-state index >= 15 is 0 Å². The van der Waals surface area contributed by atoms with Crippen LogP contribution in [-0.2, 0) is 14.8 Å². The highest BCUT2D eigenvalue weighted by molar-refractivity contribution is 7.89. The van der Waals surface area contributed by atoms with Gasteiger partial charge in [-0.3, -0.25) is 9.59 Å². The van der Waals surface area contributed by atoms with Gasteiger partial charge < -0.3 is 15.5 Å². The van der Waals surface area contributed by atoms with Crippen LogP contribution in [0.4, 0.5) is 5.69 Å². The molecular formula is C15H22N4O4S. The molecule has 1 aliphatic heterocycles. The van der Waals surface area contributed by atoms with Crippen molar-refractivity contribution in [1.82, 2.24) is 14.5 Å². The van der Waals surface area contributed by atoms with E-state index in [2.05, 4.69) is 10.6 Å². The SMILES string of the molecule is CC(=O)Nc1ccc(S(=O)(=O)N(C)C)cc1C(=O)N1CCNCC1. The van der Waals surface area contributed by atoms with E-state index in [0.717, 1.165) is 4.31 Å². The average Bonchev–Trinajstić information content (AvgIpc) is 2.54. The van der Waals surface area contributed by atoms with Crippen molar-refractivity contribution in [1.29, 1.82) is 0 Å². The van der Waals surface area contributed by atoms with Gasteiger partial charge >= 0.3 is 0 Å². The first kappa shape index (κ1) is 18.4. The Hall–Kier alpha value is -1.97. The molecule has 0 bridgehead atoms. The monoisotopic (exact) mass is 354 g/mol. The molecule has 1 heterocycles. The van der Waals surface area contributed by atoms with Gasteiger partial charge in [0.25, 0.3) is 5.91 Å². The first-order valence-corrected chi connectivity index (χ1v) is 9.01. The number of benzene rings is 1. The standard InChI is InChI=1S/C15H22N4O4S/c1-11(20)17-14-5-4-12(24(22,23)18(2)3)10-13(14)15(21)19-8-6-16-7-9-19/h4-5,10,16H,6-9H2,1-3H3,(H,17,20). The van der Waals surface area contributed by atoms with E-state index in [0.29, 0.717) is 31.9 Å². The minimum atomic E-state index is -3.67. The fourth-order valence-corrected chi connectivity index (χ4v) is 3.34. The molecular weight excluding hydrogens is 332 g/mol. The number of hydrogen-bond donors (Lipinski definition) is 2. The highest BCUT2D eigenvalue weighted by Crippen LogP contribution is 2.24. The van der Waals surface area contributed by atoms with E-state index in [-0.39, 0.29) is 22.3 Å². The van der Waals surface area contributed by atoms with Crippen molar-refractivity contribution >= 4 is 27.5 Å². The van der Waals surface area contributed by atoms with E-state index in [4.69, 9.17) is 0 Å². The van der Waals surface area contributed by atoms with Crippen LogP contribution in [0.15, 0.2) is 23.1 Å². The number of piperazine rings is 1. The lowest BCUT2D eigenvalue weighted by Crippen LogP contribution is -2.46. The number of carbonyl (C=O) groups is 2. The maximum absolute atomic E-state index is 12.8. The molecule has 9 heteroatoms. The number of rotatable bonds is 4. The number of nitrogens with one attached hydrogen (secondary N) is 2. The summed E-state index contributed by atoms with van der Waals surface area (Å²) in [5.41, 5.74) is 0.485. The van der Waals surface area contributed by atoms with Crippen LogP contribution in [0.1, 0.15) is 17.3 Å². The van der Waals surface area contributed by atoms with E-state index in [1.54, 1.807) is 4.90 Å². The third kappa shape index (κ3) is 3.92. The average molecular weight is 354 g/mol. The van der Waals surface area contributed by atoms with Crippen molar-refractivity contribution in [2.75, 3.05) is 45.6 Å². The summed E-state index contributed by atoms with van der Waals surface area (Å²) in [6.45, 7) is 3.75. The summed E-state index contributed by atoms with van der Waals surface area (Å²) < 4.78 is 25.7. The van der Waals surface area contributed by atoms with Gasteiger partial charge in [-0.1, -0.05) is 0 Å². The molecule has 132 valence electrons. The van der Waals surface area contributed by atoms with Crippen LogP contribution >= 0.6 is 0 Å². The van der Waals surface area contributed by atoms with Crippen LogP contribution in [0.3, 0.4) is 0 Å². The van der Waals surface area contributed by atoms with Crippen molar-refractivity contribution < 1.29 is 18.0 Å². The molecule has 1 aliphatic rings. The van der Waals surface area contributed by atoms with Crippen LogP contribution in [0.25, 0.3) is 0 Å². The third-order valence-electron chi connectivity index (χ3n) is 3.71. The van der Waals surface area contributed by atoms with Gasteiger partial charge in [-0.15, -0.1) is 0 Å². The second kappa shape index (κ2) is 7.29. The number of amides is 2. The quantitative estimate of drug-likeness (QED) is 0.789. The number of nitrogens with zero attached hydrogens (tertiary/aromatic N) is 2. The van der Waals surface area contributed by atoms with Gasteiger partial charge in [0.2, 0.25) is 15.9 Å². The Kier molecular flexibility index (Phi) is 5.58. The molecule has 1 saturated heterocycles. The van der Waals surface area contributed by atoms with E-state index in [1.165, 1.54) is 39.2 Å². The van der Waals surface area contributed by atoms with Crippen molar-refractivity contribution in [2.45, 2.75) is 11.8 Å². The first-order chi connectivity index (χ1) is 11.2. The first-order valence-electron chi connectivity index (χ1n) is 7.57. The second-order valence-electron chi connectivity index (χ2n) is 5.72. The van der Waals surface area contributed by atoms with E-state index in [1.807, 2.05) is 0 Å². The molecule has 0 unspecified atom stereocenters. The van der Waals surface area contributed by atoms with E-state index < -0.39 is 10.0 Å².